The van der Waals surface area contributed by atoms with Gasteiger partial charge in [-0.15, -0.1) is 0 Å². The highest BCUT2D eigenvalue weighted by molar-refractivity contribution is 5.77. The van der Waals surface area contributed by atoms with Crippen molar-refractivity contribution in [3.8, 4) is 5.75 Å². The summed E-state index contributed by atoms with van der Waals surface area (Å²) in [5, 5.41) is 5.34. The molecule has 0 heterocycles. The first-order chi connectivity index (χ1) is 8.87. The number of rotatable bonds is 4. The highest BCUT2D eigenvalue weighted by Crippen LogP contribution is 2.07. The summed E-state index contributed by atoms with van der Waals surface area (Å²) >= 11 is 0. The minimum atomic E-state index is -0.560. The minimum absolute atomic E-state index is 0.104. The maximum absolute atomic E-state index is 11.5. The number of carbonyl (C=O) groups excluding carboxylic acids is 2. The molecule has 0 saturated carbocycles. The van der Waals surface area contributed by atoms with Crippen LogP contribution in [0.2, 0.25) is 0 Å². The van der Waals surface area contributed by atoms with Gasteiger partial charge in [0.1, 0.15) is 5.75 Å². The molecule has 0 unspecified atom stereocenters. The lowest BCUT2D eigenvalue weighted by atomic mass is 10.1. The zero-order valence-electron chi connectivity index (χ0n) is 11.5. The van der Waals surface area contributed by atoms with Crippen molar-refractivity contribution in [2.24, 2.45) is 0 Å². The molecule has 0 fully saturated rings. The number of amides is 2. The Morgan fingerprint density at radius 1 is 1.16 bits per heavy atom. The lowest BCUT2D eigenvalue weighted by Gasteiger charge is -2.20. The third kappa shape index (κ3) is 7.08. The van der Waals surface area contributed by atoms with Gasteiger partial charge in [0.2, 0.25) is 5.91 Å². The second kappa shape index (κ2) is 6.78. The highest BCUT2D eigenvalue weighted by Gasteiger charge is 2.13. The number of hydrogen-bond donors (Lipinski definition) is 2. The summed E-state index contributed by atoms with van der Waals surface area (Å²) in [6, 6.07) is 8.76. The molecule has 0 atom stereocenters. The molecule has 2 N–H and O–H groups in total. The molecule has 0 spiro atoms. The maximum atomic E-state index is 11.5. The first-order valence-corrected chi connectivity index (χ1v) is 6.18. The van der Waals surface area contributed by atoms with Crippen LogP contribution in [0.3, 0.4) is 0 Å². The van der Waals surface area contributed by atoms with Crippen molar-refractivity contribution in [1.82, 2.24) is 10.6 Å². The number of carbonyl (C=O) groups is 2. The van der Waals surface area contributed by atoms with Gasteiger partial charge in [-0.05, 0) is 32.9 Å². The Labute approximate surface area is 113 Å². The van der Waals surface area contributed by atoms with Crippen molar-refractivity contribution in [3.63, 3.8) is 0 Å². The second-order valence-corrected chi connectivity index (χ2v) is 5.18. The van der Waals surface area contributed by atoms with Gasteiger partial charge in [-0.1, -0.05) is 18.2 Å². The van der Waals surface area contributed by atoms with E-state index in [0.29, 0.717) is 5.75 Å². The first kappa shape index (κ1) is 15.0. The smallest absolute Gasteiger partial charge is 0.410 e. The summed E-state index contributed by atoms with van der Waals surface area (Å²) in [4.78, 5) is 22.9. The molecular formula is C14H20N2O3. The van der Waals surface area contributed by atoms with Gasteiger partial charge >= 0.3 is 6.09 Å². The summed E-state index contributed by atoms with van der Waals surface area (Å²) in [5.41, 5.74) is -0.262. The molecule has 2 amide bonds. The van der Waals surface area contributed by atoms with E-state index in [-0.39, 0.29) is 24.4 Å². The Morgan fingerprint density at radius 2 is 1.79 bits per heavy atom. The zero-order chi connectivity index (χ0) is 14.3. The van der Waals surface area contributed by atoms with Crippen molar-refractivity contribution in [2.75, 3.05) is 6.54 Å². The molecule has 0 aliphatic rings. The van der Waals surface area contributed by atoms with Crippen LogP contribution in [0.4, 0.5) is 4.79 Å². The number of hydrogen-bond acceptors (Lipinski definition) is 3. The summed E-state index contributed by atoms with van der Waals surface area (Å²) < 4.78 is 5.02. The van der Waals surface area contributed by atoms with Crippen LogP contribution >= 0.6 is 0 Å². The third-order valence-corrected chi connectivity index (χ3v) is 2.09. The Morgan fingerprint density at radius 3 is 2.37 bits per heavy atom. The molecule has 5 heteroatoms. The van der Waals surface area contributed by atoms with E-state index in [2.05, 4.69) is 10.6 Å². The lowest BCUT2D eigenvalue weighted by molar-refractivity contribution is -0.122. The zero-order valence-corrected chi connectivity index (χ0v) is 11.5. The predicted octanol–water partition coefficient (Wildman–Crippen LogP) is 2.08. The number of para-hydroxylation sites is 1. The molecule has 0 aliphatic carbocycles. The second-order valence-electron chi connectivity index (χ2n) is 5.18. The average Bonchev–Trinajstić information content (AvgIpc) is 2.27. The highest BCUT2D eigenvalue weighted by atomic mass is 16.6. The van der Waals surface area contributed by atoms with Crippen molar-refractivity contribution in [1.29, 1.82) is 0 Å². The summed E-state index contributed by atoms with van der Waals surface area (Å²) in [7, 11) is 0. The molecule has 5 nitrogen and oxygen atoms in total. The first-order valence-electron chi connectivity index (χ1n) is 6.18. The molecule has 1 aromatic carbocycles. The van der Waals surface area contributed by atoms with Gasteiger partial charge in [-0.3, -0.25) is 4.79 Å². The van der Waals surface area contributed by atoms with E-state index >= 15 is 0 Å². The van der Waals surface area contributed by atoms with Gasteiger partial charge in [-0.2, -0.15) is 0 Å². The monoisotopic (exact) mass is 264 g/mol. The van der Waals surface area contributed by atoms with Gasteiger partial charge < -0.3 is 15.4 Å². The molecule has 0 saturated heterocycles. The Bertz CT molecular complexity index is 424. The van der Waals surface area contributed by atoms with E-state index in [1.165, 1.54) is 0 Å². The predicted molar refractivity (Wildman–Crippen MR) is 73.0 cm³/mol. The van der Waals surface area contributed by atoms with Crippen LogP contribution in [-0.4, -0.2) is 24.1 Å². The normalized spacial score (nSPS) is 10.7. The van der Waals surface area contributed by atoms with Crippen molar-refractivity contribution < 1.29 is 14.3 Å². The van der Waals surface area contributed by atoms with Crippen LogP contribution < -0.4 is 15.4 Å². The van der Waals surface area contributed by atoms with Crippen molar-refractivity contribution in [2.45, 2.75) is 32.7 Å². The Balaban J connectivity index is 2.23. The van der Waals surface area contributed by atoms with Crippen LogP contribution in [0.1, 0.15) is 27.2 Å². The summed E-state index contributed by atoms with van der Waals surface area (Å²) in [6.45, 7) is 5.96. The topological polar surface area (TPSA) is 67.4 Å². The third-order valence-electron chi connectivity index (χ3n) is 2.09. The Kier molecular flexibility index (Phi) is 5.36. The van der Waals surface area contributed by atoms with Gasteiger partial charge in [0.15, 0.2) is 0 Å². The molecule has 0 aliphatic heterocycles. The largest absolute Gasteiger partial charge is 0.412 e. The van der Waals surface area contributed by atoms with Crippen molar-refractivity contribution in [3.05, 3.63) is 30.3 Å². The van der Waals surface area contributed by atoms with Gasteiger partial charge in [-0.25, -0.2) is 4.79 Å². The van der Waals surface area contributed by atoms with Crippen molar-refractivity contribution >= 4 is 12.0 Å². The number of benzene rings is 1. The molecule has 0 radical (unpaired) electrons. The quantitative estimate of drug-likeness (QED) is 0.875. The van der Waals surface area contributed by atoms with Crippen LogP contribution in [0.5, 0.6) is 5.75 Å². The fraction of sp³-hybridized carbons (Fsp3) is 0.429. The minimum Gasteiger partial charge on any atom is -0.410 e. The maximum Gasteiger partial charge on any atom is 0.412 e. The van der Waals surface area contributed by atoms with Crippen LogP contribution in [0.15, 0.2) is 30.3 Å². The van der Waals surface area contributed by atoms with Gasteiger partial charge in [0, 0.05) is 18.5 Å². The molecule has 0 aromatic heterocycles. The van der Waals surface area contributed by atoms with Crippen LogP contribution in [0.25, 0.3) is 0 Å². The molecular weight excluding hydrogens is 244 g/mol. The fourth-order valence-corrected chi connectivity index (χ4v) is 1.39. The van der Waals surface area contributed by atoms with E-state index < -0.39 is 6.09 Å². The number of ether oxygens (including phenoxy) is 1. The van der Waals surface area contributed by atoms with E-state index in [9.17, 15) is 9.59 Å². The molecule has 1 aromatic rings. The number of nitrogens with one attached hydrogen (secondary N) is 2. The average molecular weight is 264 g/mol. The standard InChI is InChI=1S/C14H20N2O3/c1-14(2,3)16-12(17)9-10-15-13(18)19-11-7-5-4-6-8-11/h4-8H,9-10H2,1-3H3,(H,15,18)(H,16,17). The van der Waals surface area contributed by atoms with Crippen LogP contribution in [-0.2, 0) is 4.79 Å². The van der Waals surface area contributed by atoms with E-state index in [1.54, 1.807) is 24.3 Å². The van der Waals surface area contributed by atoms with Crippen LogP contribution in [0, 0.1) is 0 Å². The van der Waals surface area contributed by atoms with Gasteiger partial charge in [0.05, 0.1) is 0 Å². The lowest BCUT2D eigenvalue weighted by Crippen LogP contribution is -2.42. The van der Waals surface area contributed by atoms with E-state index in [4.69, 9.17) is 4.74 Å². The fourth-order valence-electron chi connectivity index (χ4n) is 1.39. The van der Waals surface area contributed by atoms with E-state index in [0.717, 1.165) is 0 Å². The van der Waals surface area contributed by atoms with E-state index in [1.807, 2.05) is 26.8 Å². The molecule has 0 bridgehead atoms. The molecule has 104 valence electrons. The summed E-state index contributed by atoms with van der Waals surface area (Å²) in [5.74, 6) is 0.367. The van der Waals surface area contributed by atoms with Gasteiger partial charge in [0.25, 0.3) is 0 Å². The molecule has 19 heavy (non-hydrogen) atoms. The SMILES string of the molecule is CC(C)(C)NC(=O)CCNC(=O)Oc1ccccc1. The Hall–Kier alpha value is -2.04. The summed E-state index contributed by atoms with van der Waals surface area (Å²) in [6.07, 6.45) is -0.337. The molecule has 1 rings (SSSR count).